The predicted molar refractivity (Wildman–Crippen MR) is 90.0 cm³/mol. The molecule has 0 fully saturated rings. The molecule has 124 valence electrons. The van der Waals surface area contributed by atoms with Crippen molar-refractivity contribution in [3.05, 3.63) is 59.0 Å². The van der Waals surface area contributed by atoms with E-state index in [9.17, 15) is 4.79 Å². The summed E-state index contributed by atoms with van der Waals surface area (Å²) in [7, 11) is 0. The van der Waals surface area contributed by atoms with E-state index in [0.29, 0.717) is 24.0 Å². The number of carbonyl (C=O) groups excluding carboxylic acids is 1. The molecule has 1 aliphatic rings. The minimum absolute atomic E-state index is 0.00248. The van der Waals surface area contributed by atoms with Gasteiger partial charge in [0.2, 0.25) is 5.91 Å². The van der Waals surface area contributed by atoms with Crippen LogP contribution in [0.4, 0.5) is 0 Å². The van der Waals surface area contributed by atoms with Gasteiger partial charge < -0.3 is 9.72 Å². The maximum atomic E-state index is 12.3. The van der Waals surface area contributed by atoms with Gasteiger partial charge in [0, 0.05) is 18.5 Å². The number of amides is 1. The molecule has 25 heavy (non-hydrogen) atoms. The zero-order valence-corrected chi connectivity index (χ0v) is 13.6. The zero-order chi connectivity index (χ0) is 17.0. The van der Waals surface area contributed by atoms with Crippen molar-refractivity contribution in [3.8, 4) is 0 Å². The van der Waals surface area contributed by atoms with Crippen molar-refractivity contribution >= 4 is 22.6 Å². The standard InChI is InChI=1S/C18H15N5O2/c1-10-5-6-23-15(7-10)20-14-9-19-16(24)8-12(18(14)23)11-3-2-4-13-17(11)22-25-21-13/h2-7,12H,8-9H2,1H3,(H,19,24)/t12-/m1/s1. The van der Waals surface area contributed by atoms with Gasteiger partial charge in [-0.15, -0.1) is 0 Å². The summed E-state index contributed by atoms with van der Waals surface area (Å²) >= 11 is 0. The number of imidazole rings is 1. The fraction of sp³-hybridized carbons (Fsp3) is 0.222. The second kappa shape index (κ2) is 5.14. The molecule has 7 heteroatoms. The van der Waals surface area contributed by atoms with Crippen molar-refractivity contribution in [2.75, 3.05) is 0 Å². The number of hydrogen-bond donors (Lipinski definition) is 1. The molecule has 1 amide bonds. The van der Waals surface area contributed by atoms with Gasteiger partial charge in [-0.25, -0.2) is 9.61 Å². The average molecular weight is 333 g/mol. The fourth-order valence-electron chi connectivity index (χ4n) is 3.62. The molecule has 1 N–H and O–H groups in total. The Morgan fingerprint density at radius 2 is 2.20 bits per heavy atom. The Kier molecular flexibility index (Phi) is 2.91. The molecular formula is C18H15N5O2. The minimum atomic E-state index is -0.161. The predicted octanol–water partition coefficient (Wildman–Crippen LogP) is 2.33. The first-order valence-corrected chi connectivity index (χ1v) is 8.16. The van der Waals surface area contributed by atoms with Crippen molar-refractivity contribution in [3.63, 3.8) is 0 Å². The Morgan fingerprint density at radius 1 is 1.28 bits per heavy atom. The largest absolute Gasteiger partial charge is 0.350 e. The number of benzene rings is 1. The van der Waals surface area contributed by atoms with E-state index in [2.05, 4.69) is 20.0 Å². The van der Waals surface area contributed by atoms with Gasteiger partial charge in [-0.1, -0.05) is 12.1 Å². The van der Waals surface area contributed by atoms with Gasteiger partial charge in [0.15, 0.2) is 0 Å². The summed E-state index contributed by atoms with van der Waals surface area (Å²) in [5.41, 5.74) is 6.24. The fourth-order valence-corrected chi connectivity index (χ4v) is 3.62. The molecule has 7 nitrogen and oxygen atoms in total. The van der Waals surface area contributed by atoms with E-state index >= 15 is 0 Å². The van der Waals surface area contributed by atoms with E-state index in [4.69, 9.17) is 9.61 Å². The van der Waals surface area contributed by atoms with Crippen molar-refractivity contribution in [2.24, 2.45) is 0 Å². The molecule has 0 radical (unpaired) electrons. The number of aryl methyl sites for hydroxylation is 1. The summed E-state index contributed by atoms with van der Waals surface area (Å²) < 4.78 is 6.97. The van der Waals surface area contributed by atoms with Crippen LogP contribution in [0.15, 0.2) is 41.2 Å². The van der Waals surface area contributed by atoms with Crippen LogP contribution in [-0.4, -0.2) is 25.6 Å². The highest BCUT2D eigenvalue weighted by Gasteiger charge is 2.30. The lowest BCUT2D eigenvalue weighted by Crippen LogP contribution is -2.21. The van der Waals surface area contributed by atoms with Crippen molar-refractivity contribution < 1.29 is 9.42 Å². The monoisotopic (exact) mass is 333 g/mol. The smallest absolute Gasteiger partial charge is 0.221 e. The van der Waals surface area contributed by atoms with Crippen LogP contribution in [0.1, 0.15) is 34.9 Å². The molecule has 1 aromatic carbocycles. The normalized spacial score (nSPS) is 17.5. The molecule has 0 bridgehead atoms. The molecule has 0 spiro atoms. The first kappa shape index (κ1) is 14.2. The van der Waals surface area contributed by atoms with Crippen LogP contribution < -0.4 is 5.32 Å². The maximum Gasteiger partial charge on any atom is 0.221 e. The Hall–Kier alpha value is -3.22. The lowest BCUT2D eigenvalue weighted by atomic mass is 9.90. The van der Waals surface area contributed by atoms with Crippen LogP contribution in [-0.2, 0) is 11.3 Å². The van der Waals surface area contributed by atoms with Crippen LogP contribution in [0.25, 0.3) is 16.7 Å². The van der Waals surface area contributed by atoms with E-state index in [0.717, 1.165) is 28.2 Å². The summed E-state index contributed by atoms with van der Waals surface area (Å²) in [6, 6.07) is 9.84. The summed E-state index contributed by atoms with van der Waals surface area (Å²) in [4.78, 5) is 17.0. The number of nitrogens with zero attached hydrogens (tertiary/aromatic N) is 4. The van der Waals surface area contributed by atoms with Gasteiger partial charge in [0.1, 0.15) is 16.7 Å². The third kappa shape index (κ3) is 2.12. The van der Waals surface area contributed by atoms with Crippen LogP contribution in [0.2, 0.25) is 0 Å². The highest BCUT2D eigenvalue weighted by Crippen LogP contribution is 2.36. The van der Waals surface area contributed by atoms with Crippen LogP contribution in [0, 0.1) is 6.92 Å². The van der Waals surface area contributed by atoms with Gasteiger partial charge in [0.05, 0.1) is 17.9 Å². The van der Waals surface area contributed by atoms with Gasteiger partial charge in [-0.05, 0) is 46.6 Å². The molecule has 1 aliphatic heterocycles. The summed E-state index contributed by atoms with van der Waals surface area (Å²) in [5.74, 6) is -0.164. The number of nitrogens with one attached hydrogen (secondary N) is 1. The van der Waals surface area contributed by atoms with E-state index < -0.39 is 0 Å². The molecular weight excluding hydrogens is 318 g/mol. The lowest BCUT2D eigenvalue weighted by Gasteiger charge is -2.15. The Labute approximate surface area is 142 Å². The van der Waals surface area contributed by atoms with E-state index in [1.54, 1.807) is 0 Å². The van der Waals surface area contributed by atoms with Gasteiger partial charge in [0.25, 0.3) is 0 Å². The molecule has 0 unspecified atom stereocenters. The highest BCUT2D eigenvalue weighted by atomic mass is 16.6. The molecule has 0 aliphatic carbocycles. The van der Waals surface area contributed by atoms with Crippen molar-refractivity contribution in [1.29, 1.82) is 0 Å². The first-order valence-electron chi connectivity index (χ1n) is 8.16. The van der Waals surface area contributed by atoms with Crippen LogP contribution >= 0.6 is 0 Å². The van der Waals surface area contributed by atoms with Gasteiger partial charge in [-0.3, -0.25) is 4.79 Å². The molecule has 1 atom stereocenters. The maximum absolute atomic E-state index is 12.3. The highest BCUT2D eigenvalue weighted by molar-refractivity contribution is 5.82. The Morgan fingerprint density at radius 3 is 3.12 bits per heavy atom. The van der Waals surface area contributed by atoms with Gasteiger partial charge >= 0.3 is 0 Å². The number of fused-ring (bicyclic) bond motifs is 4. The summed E-state index contributed by atoms with van der Waals surface area (Å²) in [6.07, 6.45) is 2.35. The number of carbonyl (C=O) groups is 1. The van der Waals surface area contributed by atoms with Gasteiger partial charge in [-0.2, -0.15) is 0 Å². The molecule has 0 saturated heterocycles. The van der Waals surface area contributed by atoms with Crippen LogP contribution in [0.3, 0.4) is 0 Å². The van der Waals surface area contributed by atoms with Crippen molar-refractivity contribution in [2.45, 2.75) is 25.8 Å². The zero-order valence-electron chi connectivity index (χ0n) is 13.6. The molecule has 5 rings (SSSR count). The third-order valence-corrected chi connectivity index (χ3v) is 4.76. The van der Waals surface area contributed by atoms with Crippen molar-refractivity contribution in [1.82, 2.24) is 25.0 Å². The number of pyridine rings is 1. The molecule has 4 aromatic rings. The quantitative estimate of drug-likeness (QED) is 0.578. The first-order chi connectivity index (χ1) is 12.2. The average Bonchev–Trinajstić information content (AvgIpc) is 3.18. The summed E-state index contributed by atoms with van der Waals surface area (Å²) in [5, 5.41) is 10.9. The lowest BCUT2D eigenvalue weighted by molar-refractivity contribution is -0.121. The van der Waals surface area contributed by atoms with E-state index in [1.807, 2.05) is 43.5 Å². The SMILES string of the molecule is Cc1ccn2c3c(nc2c1)CNC(=O)C[C@@H]3c1cccc2nonc12. The topological polar surface area (TPSA) is 85.3 Å². The van der Waals surface area contributed by atoms with E-state index in [1.165, 1.54) is 0 Å². The minimum Gasteiger partial charge on any atom is -0.350 e. The second-order valence-corrected chi connectivity index (χ2v) is 6.39. The number of rotatable bonds is 1. The summed E-state index contributed by atoms with van der Waals surface area (Å²) in [6.45, 7) is 2.47. The Bertz CT molecular complexity index is 1130. The third-order valence-electron chi connectivity index (χ3n) is 4.76. The van der Waals surface area contributed by atoms with E-state index in [-0.39, 0.29) is 11.8 Å². The number of aromatic nitrogens is 4. The second-order valence-electron chi connectivity index (χ2n) is 6.39. The Balaban J connectivity index is 1.80. The van der Waals surface area contributed by atoms with Crippen LogP contribution in [0.5, 0.6) is 0 Å². The molecule has 3 aromatic heterocycles. The number of hydrogen-bond acceptors (Lipinski definition) is 5. The molecule has 0 saturated carbocycles. The molecule has 4 heterocycles.